The highest BCUT2D eigenvalue weighted by atomic mass is 16.5. The highest BCUT2D eigenvalue weighted by Crippen LogP contribution is 2.17. The molecule has 1 heterocycles. The molecule has 1 saturated heterocycles. The van der Waals surface area contributed by atoms with E-state index in [1.165, 1.54) is 11.3 Å². The van der Waals surface area contributed by atoms with Crippen molar-refractivity contribution in [3.05, 3.63) is 29.8 Å². The Morgan fingerprint density at radius 3 is 2.50 bits per heavy atom. The van der Waals surface area contributed by atoms with Crippen molar-refractivity contribution in [3.8, 4) is 12.3 Å². The van der Waals surface area contributed by atoms with E-state index in [4.69, 9.17) is 11.2 Å². The molecular formula is C14H17NO. The van der Waals surface area contributed by atoms with Crippen molar-refractivity contribution in [1.82, 2.24) is 0 Å². The Morgan fingerprint density at radius 2 is 1.88 bits per heavy atom. The smallest absolute Gasteiger partial charge is 0.0642 e. The van der Waals surface area contributed by atoms with E-state index in [1.54, 1.807) is 0 Å². The minimum absolute atomic E-state index is 0.816. The summed E-state index contributed by atoms with van der Waals surface area (Å²) >= 11 is 0. The van der Waals surface area contributed by atoms with Gasteiger partial charge in [-0.2, -0.15) is 0 Å². The zero-order valence-corrected chi connectivity index (χ0v) is 9.48. The number of terminal acetylenes is 1. The number of ether oxygens (including phenoxy) is 1. The number of hydrogen-bond acceptors (Lipinski definition) is 2. The third kappa shape index (κ3) is 2.77. The minimum Gasteiger partial charge on any atom is -0.378 e. The topological polar surface area (TPSA) is 12.5 Å². The quantitative estimate of drug-likeness (QED) is 0.716. The Bertz CT molecular complexity index is 357. The second-order valence-corrected chi connectivity index (χ2v) is 3.97. The fourth-order valence-corrected chi connectivity index (χ4v) is 1.91. The predicted octanol–water partition coefficient (Wildman–Crippen LogP) is 2.09. The van der Waals surface area contributed by atoms with Gasteiger partial charge in [0.05, 0.1) is 13.2 Å². The van der Waals surface area contributed by atoms with Crippen LogP contribution in [-0.2, 0) is 11.2 Å². The van der Waals surface area contributed by atoms with E-state index in [-0.39, 0.29) is 0 Å². The standard InChI is InChI=1S/C14H17NO/c1-2-3-4-13-5-7-14(8-6-13)15-9-11-16-12-10-15/h1,5-8H,3-4,9-12H2. The Labute approximate surface area is 97.2 Å². The summed E-state index contributed by atoms with van der Waals surface area (Å²) in [6, 6.07) is 8.69. The SMILES string of the molecule is C#CCCc1ccc(N2CCOCC2)cc1. The van der Waals surface area contributed by atoms with Crippen LogP contribution in [-0.4, -0.2) is 26.3 Å². The average Bonchev–Trinajstić information content (AvgIpc) is 2.38. The summed E-state index contributed by atoms with van der Waals surface area (Å²) < 4.78 is 5.33. The van der Waals surface area contributed by atoms with Crippen LogP contribution in [0.1, 0.15) is 12.0 Å². The Balaban J connectivity index is 1.98. The van der Waals surface area contributed by atoms with Crippen LogP contribution >= 0.6 is 0 Å². The molecule has 2 heteroatoms. The van der Waals surface area contributed by atoms with Crippen LogP contribution in [0.2, 0.25) is 0 Å². The molecule has 0 bridgehead atoms. The number of aryl methyl sites for hydroxylation is 1. The lowest BCUT2D eigenvalue weighted by atomic mass is 10.1. The number of morpholine rings is 1. The van der Waals surface area contributed by atoms with Gasteiger partial charge in [-0.1, -0.05) is 12.1 Å². The first-order chi connectivity index (χ1) is 7.90. The summed E-state index contributed by atoms with van der Waals surface area (Å²) in [6.07, 6.45) is 7.04. The summed E-state index contributed by atoms with van der Waals surface area (Å²) in [7, 11) is 0. The molecule has 1 aliphatic rings. The van der Waals surface area contributed by atoms with E-state index >= 15 is 0 Å². The molecule has 2 nitrogen and oxygen atoms in total. The van der Waals surface area contributed by atoms with Gasteiger partial charge in [0, 0.05) is 25.2 Å². The molecule has 0 saturated carbocycles. The van der Waals surface area contributed by atoms with E-state index in [9.17, 15) is 0 Å². The van der Waals surface area contributed by atoms with Gasteiger partial charge >= 0.3 is 0 Å². The lowest BCUT2D eigenvalue weighted by molar-refractivity contribution is 0.122. The van der Waals surface area contributed by atoms with E-state index < -0.39 is 0 Å². The van der Waals surface area contributed by atoms with Crippen LogP contribution in [0, 0.1) is 12.3 Å². The summed E-state index contributed by atoms with van der Waals surface area (Å²) in [4.78, 5) is 2.36. The molecule has 0 aliphatic carbocycles. The third-order valence-corrected chi connectivity index (χ3v) is 2.87. The first-order valence-corrected chi connectivity index (χ1v) is 5.75. The molecule has 2 rings (SSSR count). The van der Waals surface area contributed by atoms with E-state index in [0.717, 1.165) is 39.1 Å². The normalized spacial score (nSPS) is 15.8. The Hall–Kier alpha value is -1.46. The monoisotopic (exact) mass is 215 g/mol. The maximum atomic E-state index is 5.33. The number of rotatable bonds is 3. The highest BCUT2D eigenvalue weighted by molar-refractivity contribution is 5.47. The maximum absolute atomic E-state index is 5.33. The highest BCUT2D eigenvalue weighted by Gasteiger charge is 2.10. The van der Waals surface area contributed by atoms with E-state index in [1.807, 2.05) is 0 Å². The van der Waals surface area contributed by atoms with Crippen LogP contribution in [0.25, 0.3) is 0 Å². The molecule has 1 fully saturated rings. The van der Waals surface area contributed by atoms with E-state index in [0.29, 0.717) is 0 Å². The molecule has 0 atom stereocenters. The van der Waals surface area contributed by atoms with Gasteiger partial charge in [0.25, 0.3) is 0 Å². The molecule has 0 radical (unpaired) electrons. The maximum Gasteiger partial charge on any atom is 0.0642 e. The predicted molar refractivity (Wildman–Crippen MR) is 66.6 cm³/mol. The second-order valence-electron chi connectivity index (χ2n) is 3.97. The van der Waals surface area contributed by atoms with Gasteiger partial charge < -0.3 is 9.64 Å². The van der Waals surface area contributed by atoms with Crippen LogP contribution in [0.4, 0.5) is 5.69 Å². The molecule has 0 N–H and O–H groups in total. The zero-order chi connectivity index (χ0) is 11.2. The van der Waals surface area contributed by atoms with Gasteiger partial charge in [-0.3, -0.25) is 0 Å². The Kier molecular flexibility index (Phi) is 3.85. The third-order valence-electron chi connectivity index (χ3n) is 2.87. The molecule has 0 spiro atoms. The first kappa shape index (κ1) is 11.0. The summed E-state index contributed by atoms with van der Waals surface area (Å²) in [5, 5.41) is 0. The van der Waals surface area contributed by atoms with Crippen molar-refractivity contribution in [2.45, 2.75) is 12.8 Å². The second kappa shape index (κ2) is 5.58. The van der Waals surface area contributed by atoms with Crippen molar-refractivity contribution in [2.24, 2.45) is 0 Å². The number of anilines is 1. The molecule has 0 amide bonds. The molecule has 0 aromatic heterocycles. The number of hydrogen-bond donors (Lipinski definition) is 0. The lowest BCUT2D eigenvalue weighted by Gasteiger charge is -2.28. The van der Waals surface area contributed by atoms with Gasteiger partial charge in [0.1, 0.15) is 0 Å². The molecule has 84 valence electrons. The van der Waals surface area contributed by atoms with Gasteiger partial charge in [-0.15, -0.1) is 12.3 Å². The van der Waals surface area contributed by atoms with Crippen LogP contribution in [0.3, 0.4) is 0 Å². The van der Waals surface area contributed by atoms with Crippen molar-refractivity contribution in [2.75, 3.05) is 31.2 Å². The summed E-state index contributed by atoms with van der Waals surface area (Å²) in [5.41, 5.74) is 2.60. The minimum atomic E-state index is 0.816. The molecular weight excluding hydrogens is 198 g/mol. The van der Waals surface area contributed by atoms with Crippen LogP contribution in [0.15, 0.2) is 24.3 Å². The average molecular weight is 215 g/mol. The number of nitrogens with zero attached hydrogens (tertiary/aromatic N) is 1. The Morgan fingerprint density at radius 1 is 1.19 bits per heavy atom. The van der Waals surface area contributed by atoms with Gasteiger partial charge in [0.2, 0.25) is 0 Å². The van der Waals surface area contributed by atoms with Gasteiger partial charge in [0.15, 0.2) is 0 Å². The van der Waals surface area contributed by atoms with Crippen LogP contribution < -0.4 is 4.90 Å². The summed E-state index contributed by atoms with van der Waals surface area (Å²) in [5.74, 6) is 2.67. The lowest BCUT2D eigenvalue weighted by Crippen LogP contribution is -2.36. The van der Waals surface area contributed by atoms with Gasteiger partial charge in [-0.05, 0) is 24.1 Å². The summed E-state index contributed by atoms with van der Waals surface area (Å²) in [6.45, 7) is 3.64. The largest absolute Gasteiger partial charge is 0.378 e. The van der Waals surface area contributed by atoms with Crippen molar-refractivity contribution in [1.29, 1.82) is 0 Å². The molecule has 1 aromatic carbocycles. The van der Waals surface area contributed by atoms with Crippen molar-refractivity contribution >= 4 is 5.69 Å². The van der Waals surface area contributed by atoms with Crippen molar-refractivity contribution in [3.63, 3.8) is 0 Å². The van der Waals surface area contributed by atoms with Crippen molar-refractivity contribution < 1.29 is 4.74 Å². The van der Waals surface area contributed by atoms with Crippen LogP contribution in [0.5, 0.6) is 0 Å². The van der Waals surface area contributed by atoms with Gasteiger partial charge in [-0.25, -0.2) is 0 Å². The zero-order valence-electron chi connectivity index (χ0n) is 9.48. The molecule has 1 aliphatic heterocycles. The van der Waals surface area contributed by atoms with E-state index in [2.05, 4.69) is 35.1 Å². The molecule has 1 aromatic rings. The molecule has 16 heavy (non-hydrogen) atoms. The number of benzene rings is 1. The molecule has 0 unspecified atom stereocenters. The fourth-order valence-electron chi connectivity index (χ4n) is 1.91. The fraction of sp³-hybridized carbons (Fsp3) is 0.429. The first-order valence-electron chi connectivity index (χ1n) is 5.75.